The van der Waals surface area contributed by atoms with E-state index in [9.17, 15) is 4.79 Å². The van der Waals surface area contributed by atoms with Crippen LogP contribution in [0, 0.1) is 0 Å². The maximum absolute atomic E-state index is 10.6. The van der Waals surface area contributed by atoms with Crippen molar-refractivity contribution in [3.8, 4) is 11.5 Å². The smallest absolute Gasteiger partial charge is 0.313 e. The zero-order valence-corrected chi connectivity index (χ0v) is 13.2. The lowest BCUT2D eigenvalue weighted by Gasteiger charge is -2.09. The zero-order chi connectivity index (χ0) is 15.9. The van der Waals surface area contributed by atoms with E-state index >= 15 is 0 Å². The Kier molecular flexibility index (Phi) is 5.65. The molecule has 22 heavy (non-hydrogen) atoms. The van der Waals surface area contributed by atoms with Crippen molar-refractivity contribution in [3.63, 3.8) is 0 Å². The Hall–Kier alpha value is -2.22. The van der Waals surface area contributed by atoms with Gasteiger partial charge in [-0.25, -0.2) is 0 Å². The highest BCUT2D eigenvalue weighted by Gasteiger charge is 2.13. The van der Waals surface area contributed by atoms with Gasteiger partial charge in [-0.1, -0.05) is 17.8 Å². The Bertz CT molecular complexity index is 645. The van der Waals surface area contributed by atoms with Crippen LogP contribution in [-0.4, -0.2) is 38.7 Å². The minimum absolute atomic E-state index is 0.0468. The van der Waals surface area contributed by atoms with Crippen molar-refractivity contribution in [2.24, 2.45) is 0 Å². The molecule has 0 amide bonds. The van der Waals surface area contributed by atoms with Gasteiger partial charge in [0.15, 0.2) is 11.0 Å². The molecule has 8 heteroatoms. The first-order valence-electron chi connectivity index (χ1n) is 6.67. The lowest BCUT2D eigenvalue weighted by atomic mass is 10.3. The van der Waals surface area contributed by atoms with Gasteiger partial charge in [-0.2, -0.15) is 0 Å². The first-order valence-corrected chi connectivity index (χ1v) is 7.66. The number of methoxy groups -OCH3 is 1. The van der Waals surface area contributed by atoms with Crippen LogP contribution < -0.4 is 9.47 Å². The van der Waals surface area contributed by atoms with E-state index in [1.54, 1.807) is 13.2 Å². The number of carbonyl (C=O) groups is 1. The van der Waals surface area contributed by atoms with Gasteiger partial charge >= 0.3 is 5.97 Å². The number of hydrogen-bond acceptors (Lipinski definition) is 6. The number of rotatable bonds is 8. The predicted molar refractivity (Wildman–Crippen MR) is 81.4 cm³/mol. The number of aromatic nitrogens is 3. The van der Waals surface area contributed by atoms with Crippen LogP contribution in [0.5, 0.6) is 11.5 Å². The molecule has 1 aromatic carbocycles. The maximum Gasteiger partial charge on any atom is 0.313 e. The van der Waals surface area contributed by atoms with E-state index in [-0.39, 0.29) is 12.4 Å². The van der Waals surface area contributed by atoms with E-state index in [1.165, 1.54) is 0 Å². The van der Waals surface area contributed by atoms with E-state index < -0.39 is 5.97 Å². The quantitative estimate of drug-likeness (QED) is 0.744. The lowest BCUT2D eigenvalue weighted by Crippen LogP contribution is -2.08. The van der Waals surface area contributed by atoms with Gasteiger partial charge in [0.1, 0.15) is 18.1 Å². The summed E-state index contributed by atoms with van der Waals surface area (Å²) in [6.45, 7) is 2.84. The Morgan fingerprint density at radius 3 is 2.82 bits per heavy atom. The number of benzene rings is 1. The molecule has 1 aromatic heterocycles. The molecule has 0 radical (unpaired) electrons. The number of hydrogen-bond donors (Lipinski definition) is 1. The Morgan fingerprint density at radius 2 is 2.14 bits per heavy atom. The molecular formula is C14H17N3O4S. The number of ether oxygens (including phenoxy) is 2. The topological polar surface area (TPSA) is 86.5 Å². The van der Waals surface area contributed by atoms with Crippen LogP contribution in [0.1, 0.15) is 12.7 Å². The van der Waals surface area contributed by atoms with Crippen LogP contribution in [0.25, 0.3) is 0 Å². The van der Waals surface area contributed by atoms with Crippen LogP contribution in [0.2, 0.25) is 0 Å². The normalized spacial score (nSPS) is 10.5. The molecule has 0 aliphatic heterocycles. The number of nitrogens with zero attached hydrogens (tertiary/aromatic N) is 3. The minimum atomic E-state index is -0.884. The number of thioether (sulfide) groups is 1. The van der Waals surface area contributed by atoms with E-state index in [0.29, 0.717) is 29.0 Å². The molecule has 0 fully saturated rings. The van der Waals surface area contributed by atoms with Gasteiger partial charge in [0, 0.05) is 12.6 Å². The number of carboxylic acid groups (broad SMARTS) is 1. The molecule has 2 aromatic rings. The molecule has 0 saturated carbocycles. The fourth-order valence-electron chi connectivity index (χ4n) is 1.82. The highest BCUT2D eigenvalue weighted by Crippen LogP contribution is 2.21. The number of carboxylic acids is 1. The molecule has 1 N–H and O–H groups in total. The van der Waals surface area contributed by atoms with Crippen molar-refractivity contribution in [2.45, 2.75) is 25.2 Å². The van der Waals surface area contributed by atoms with Gasteiger partial charge < -0.3 is 19.1 Å². The van der Waals surface area contributed by atoms with Crippen molar-refractivity contribution in [1.29, 1.82) is 0 Å². The average molecular weight is 323 g/mol. The molecule has 0 saturated heterocycles. The van der Waals surface area contributed by atoms with Crippen molar-refractivity contribution < 1.29 is 19.4 Å². The van der Waals surface area contributed by atoms with Gasteiger partial charge in [0.05, 0.1) is 12.9 Å². The largest absolute Gasteiger partial charge is 0.497 e. The summed E-state index contributed by atoms with van der Waals surface area (Å²) in [6, 6.07) is 7.29. The van der Waals surface area contributed by atoms with Crippen molar-refractivity contribution in [1.82, 2.24) is 14.8 Å². The van der Waals surface area contributed by atoms with Crippen LogP contribution >= 0.6 is 11.8 Å². The monoisotopic (exact) mass is 323 g/mol. The lowest BCUT2D eigenvalue weighted by molar-refractivity contribution is -0.133. The van der Waals surface area contributed by atoms with E-state index in [0.717, 1.165) is 11.8 Å². The molecule has 0 atom stereocenters. The molecule has 0 aliphatic rings. The third kappa shape index (κ3) is 4.14. The molecule has 0 bridgehead atoms. The average Bonchev–Trinajstić information content (AvgIpc) is 2.93. The first kappa shape index (κ1) is 16.2. The van der Waals surface area contributed by atoms with Gasteiger partial charge in [-0.05, 0) is 19.1 Å². The second-order valence-corrected chi connectivity index (χ2v) is 5.24. The van der Waals surface area contributed by atoms with Gasteiger partial charge in [-0.15, -0.1) is 10.2 Å². The second-order valence-electron chi connectivity index (χ2n) is 4.29. The fourth-order valence-corrected chi connectivity index (χ4v) is 2.56. The maximum atomic E-state index is 10.6. The van der Waals surface area contributed by atoms with Crippen LogP contribution in [0.15, 0.2) is 29.4 Å². The second kappa shape index (κ2) is 7.69. The molecule has 0 unspecified atom stereocenters. The summed E-state index contributed by atoms with van der Waals surface area (Å²) in [7, 11) is 1.60. The predicted octanol–water partition coefficient (Wildman–Crippen LogP) is 2.06. The van der Waals surface area contributed by atoms with Crippen LogP contribution in [0.3, 0.4) is 0 Å². The minimum Gasteiger partial charge on any atom is -0.497 e. The summed E-state index contributed by atoms with van der Waals surface area (Å²) < 4.78 is 12.7. The Morgan fingerprint density at radius 1 is 1.36 bits per heavy atom. The summed E-state index contributed by atoms with van der Waals surface area (Å²) in [5.41, 5.74) is 0. The van der Waals surface area contributed by atoms with Crippen molar-refractivity contribution in [3.05, 3.63) is 30.1 Å². The summed E-state index contributed by atoms with van der Waals surface area (Å²) in [4.78, 5) is 10.6. The van der Waals surface area contributed by atoms with E-state index in [4.69, 9.17) is 14.6 Å². The molecule has 1 heterocycles. The molecule has 0 aliphatic carbocycles. The highest BCUT2D eigenvalue weighted by atomic mass is 32.2. The molecular weight excluding hydrogens is 306 g/mol. The Balaban J connectivity index is 2.04. The SMILES string of the molecule is CCn1c(COc2cccc(OC)c2)nnc1SCC(=O)O. The summed E-state index contributed by atoms with van der Waals surface area (Å²) >= 11 is 1.14. The summed E-state index contributed by atoms with van der Waals surface area (Å²) in [5, 5.41) is 17.4. The summed E-state index contributed by atoms with van der Waals surface area (Å²) in [5.74, 6) is 1.11. The van der Waals surface area contributed by atoms with E-state index in [2.05, 4.69) is 10.2 Å². The standard InChI is InChI=1S/C14H17N3O4S/c1-3-17-12(15-16-14(17)22-9-13(18)19)8-21-11-6-4-5-10(7-11)20-2/h4-7H,3,8-9H2,1-2H3,(H,18,19). The zero-order valence-electron chi connectivity index (χ0n) is 12.4. The highest BCUT2D eigenvalue weighted by molar-refractivity contribution is 7.99. The number of aliphatic carboxylic acids is 1. The van der Waals surface area contributed by atoms with E-state index in [1.807, 2.05) is 29.7 Å². The fraction of sp³-hybridized carbons (Fsp3) is 0.357. The van der Waals surface area contributed by atoms with Crippen LogP contribution in [-0.2, 0) is 17.9 Å². The summed E-state index contributed by atoms with van der Waals surface area (Å²) in [6.07, 6.45) is 0. The van der Waals surface area contributed by atoms with Crippen molar-refractivity contribution in [2.75, 3.05) is 12.9 Å². The first-order chi connectivity index (χ1) is 10.6. The molecule has 2 rings (SSSR count). The molecule has 7 nitrogen and oxygen atoms in total. The third-order valence-electron chi connectivity index (χ3n) is 2.84. The van der Waals surface area contributed by atoms with Gasteiger partial charge in [0.25, 0.3) is 0 Å². The van der Waals surface area contributed by atoms with Crippen molar-refractivity contribution >= 4 is 17.7 Å². The third-order valence-corrected chi connectivity index (χ3v) is 3.80. The molecule has 0 spiro atoms. The van der Waals surface area contributed by atoms with Gasteiger partial charge in [0.2, 0.25) is 0 Å². The Labute approximate surface area is 132 Å². The van der Waals surface area contributed by atoms with Crippen LogP contribution in [0.4, 0.5) is 0 Å². The molecule has 118 valence electrons. The van der Waals surface area contributed by atoms with Gasteiger partial charge in [-0.3, -0.25) is 4.79 Å².